The molecule has 0 fully saturated rings. The van der Waals surface area contributed by atoms with E-state index in [2.05, 4.69) is 10.4 Å². The smallest absolute Gasteiger partial charge is 0.255 e. The number of hydrogen-bond donors (Lipinski definition) is 1. The molecule has 6 nitrogen and oxygen atoms in total. The average molecular weight is 490 g/mol. The lowest BCUT2D eigenvalue weighted by Crippen LogP contribution is -2.14. The first-order chi connectivity index (χ1) is 16.8. The van der Waals surface area contributed by atoms with Crippen molar-refractivity contribution in [1.29, 1.82) is 0 Å². The van der Waals surface area contributed by atoms with Crippen LogP contribution < -0.4 is 14.8 Å². The van der Waals surface area contributed by atoms with Crippen LogP contribution in [-0.4, -0.2) is 22.8 Å². The molecule has 0 spiro atoms. The minimum absolute atomic E-state index is 0.201. The number of halogens is 1. The largest absolute Gasteiger partial charge is 0.497 e. The van der Waals surface area contributed by atoms with Gasteiger partial charge < -0.3 is 14.8 Å². The third kappa shape index (κ3) is 5.84. The summed E-state index contributed by atoms with van der Waals surface area (Å²) in [6.07, 6.45) is 0. The van der Waals surface area contributed by atoms with Gasteiger partial charge in [-0.05, 0) is 73.9 Å². The lowest BCUT2D eigenvalue weighted by Gasteiger charge is -2.11. The van der Waals surface area contributed by atoms with E-state index >= 15 is 0 Å². The molecule has 0 aliphatic carbocycles. The normalized spacial score (nSPS) is 10.8. The Morgan fingerprint density at radius 1 is 1.00 bits per heavy atom. The number of carbonyl (C=O) groups excluding carboxylic acids is 1. The summed E-state index contributed by atoms with van der Waals surface area (Å²) in [7, 11) is 1.65. The number of rotatable bonds is 8. The Hall–Kier alpha value is -3.77. The molecular formula is C28H28ClN3O3. The number of nitrogens with one attached hydrogen (secondary N) is 1. The first kappa shape index (κ1) is 24.4. The number of carbonyl (C=O) groups is 1. The van der Waals surface area contributed by atoms with E-state index in [1.807, 2.05) is 86.1 Å². The number of nitrogens with zero attached hydrogens (tertiary/aromatic N) is 2. The zero-order valence-corrected chi connectivity index (χ0v) is 21.0. The average Bonchev–Trinajstić information content (AvgIpc) is 3.12. The topological polar surface area (TPSA) is 65.4 Å². The van der Waals surface area contributed by atoms with E-state index in [0.717, 1.165) is 33.8 Å². The molecular weight excluding hydrogens is 462 g/mol. The van der Waals surface area contributed by atoms with Crippen molar-refractivity contribution in [2.45, 2.75) is 33.9 Å². The number of aryl methyl sites for hydroxylation is 2. The fraction of sp³-hybridized carbons (Fsp3) is 0.214. The van der Waals surface area contributed by atoms with E-state index in [-0.39, 0.29) is 5.91 Å². The maximum Gasteiger partial charge on any atom is 0.255 e. The summed E-state index contributed by atoms with van der Waals surface area (Å²) >= 11 is 6.23. The Balaban J connectivity index is 1.46. The van der Waals surface area contributed by atoms with Crippen LogP contribution in [0.5, 0.6) is 11.5 Å². The van der Waals surface area contributed by atoms with Gasteiger partial charge in [-0.15, -0.1) is 0 Å². The predicted molar refractivity (Wildman–Crippen MR) is 139 cm³/mol. The fourth-order valence-electron chi connectivity index (χ4n) is 3.85. The SMILES string of the molecule is COc1cccc(Cn2nc(C)c(NC(=O)c3cccc(COc4cc(C)ccc4Cl)c3)c2C)c1. The van der Waals surface area contributed by atoms with Gasteiger partial charge in [-0.2, -0.15) is 5.10 Å². The van der Waals surface area contributed by atoms with Crippen LogP contribution in [-0.2, 0) is 13.2 Å². The summed E-state index contributed by atoms with van der Waals surface area (Å²) in [6, 6.07) is 20.9. The number of ether oxygens (including phenoxy) is 2. The Bertz CT molecular complexity index is 1360. The van der Waals surface area contributed by atoms with E-state index in [4.69, 9.17) is 21.1 Å². The van der Waals surface area contributed by atoms with E-state index in [9.17, 15) is 4.79 Å². The third-order valence-corrected chi connectivity index (χ3v) is 6.07. The second-order valence-corrected chi connectivity index (χ2v) is 8.84. The standard InChI is InChI=1S/C28H28ClN3O3/c1-18-11-12-25(29)26(13-18)35-17-22-8-5-9-23(14-22)28(33)30-27-19(2)31-32(20(27)3)16-21-7-6-10-24(15-21)34-4/h5-15H,16-17H2,1-4H3,(H,30,33). The molecule has 0 bridgehead atoms. The van der Waals surface area contributed by atoms with Crippen molar-refractivity contribution in [3.63, 3.8) is 0 Å². The molecule has 0 aliphatic rings. The van der Waals surface area contributed by atoms with Crippen molar-refractivity contribution in [2.24, 2.45) is 0 Å². The first-order valence-electron chi connectivity index (χ1n) is 11.3. The summed E-state index contributed by atoms with van der Waals surface area (Å²) < 4.78 is 13.1. The lowest BCUT2D eigenvalue weighted by atomic mass is 10.1. The Morgan fingerprint density at radius 2 is 1.77 bits per heavy atom. The van der Waals surface area contributed by atoms with Crippen LogP contribution in [0.4, 0.5) is 5.69 Å². The van der Waals surface area contributed by atoms with Gasteiger partial charge in [-0.1, -0.05) is 41.9 Å². The van der Waals surface area contributed by atoms with Gasteiger partial charge in [0.1, 0.15) is 18.1 Å². The van der Waals surface area contributed by atoms with Gasteiger partial charge in [0.2, 0.25) is 0 Å². The van der Waals surface area contributed by atoms with Gasteiger partial charge in [0.05, 0.1) is 35.8 Å². The lowest BCUT2D eigenvalue weighted by molar-refractivity contribution is 0.102. The van der Waals surface area contributed by atoms with Gasteiger partial charge in [-0.3, -0.25) is 9.48 Å². The zero-order chi connectivity index (χ0) is 24.9. The van der Waals surface area contributed by atoms with Gasteiger partial charge in [0.15, 0.2) is 0 Å². The number of aromatic nitrogens is 2. The zero-order valence-electron chi connectivity index (χ0n) is 20.3. The summed E-state index contributed by atoms with van der Waals surface area (Å²) in [5.74, 6) is 1.22. The van der Waals surface area contributed by atoms with E-state index in [1.54, 1.807) is 13.2 Å². The van der Waals surface area contributed by atoms with Gasteiger partial charge >= 0.3 is 0 Å². The Labute approximate surface area is 210 Å². The molecule has 7 heteroatoms. The maximum atomic E-state index is 13.1. The molecule has 0 saturated heterocycles. The van der Waals surface area contributed by atoms with Crippen LogP contribution in [0, 0.1) is 20.8 Å². The second kappa shape index (κ2) is 10.7. The van der Waals surface area contributed by atoms with Crippen molar-refractivity contribution >= 4 is 23.2 Å². The highest BCUT2D eigenvalue weighted by Gasteiger charge is 2.16. The van der Waals surface area contributed by atoms with Crippen molar-refractivity contribution in [2.75, 3.05) is 12.4 Å². The van der Waals surface area contributed by atoms with Crippen molar-refractivity contribution in [3.05, 3.63) is 105 Å². The number of amides is 1. The predicted octanol–water partition coefficient (Wildman–Crippen LogP) is 6.35. The molecule has 180 valence electrons. The molecule has 0 radical (unpaired) electrons. The van der Waals surface area contributed by atoms with Crippen LogP contribution in [0.25, 0.3) is 0 Å². The van der Waals surface area contributed by atoms with E-state index < -0.39 is 0 Å². The maximum absolute atomic E-state index is 13.1. The number of methoxy groups -OCH3 is 1. The van der Waals surface area contributed by atoms with E-state index in [1.165, 1.54) is 0 Å². The monoisotopic (exact) mass is 489 g/mol. The highest BCUT2D eigenvalue weighted by molar-refractivity contribution is 6.32. The summed E-state index contributed by atoms with van der Waals surface area (Å²) in [5.41, 5.74) is 5.90. The highest BCUT2D eigenvalue weighted by atomic mass is 35.5. The quantitative estimate of drug-likeness (QED) is 0.313. The number of anilines is 1. The summed E-state index contributed by atoms with van der Waals surface area (Å²) in [5, 5.41) is 8.22. The first-order valence-corrected chi connectivity index (χ1v) is 11.7. The van der Waals surface area contributed by atoms with Gasteiger partial charge in [-0.25, -0.2) is 0 Å². The minimum Gasteiger partial charge on any atom is -0.497 e. The molecule has 1 N–H and O–H groups in total. The number of benzene rings is 3. The molecule has 35 heavy (non-hydrogen) atoms. The second-order valence-electron chi connectivity index (χ2n) is 8.43. The molecule has 0 aliphatic heterocycles. The van der Waals surface area contributed by atoms with E-state index in [0.29, 0.717) is 35.2 Å². The summed E-state index contributed by atoms with van der Waals surface area (Å²) in [6.45, 7) is 6.71. The fourth-order valence-corrected chi connectivity index (χ4v) is 4.02. The Kier molecular flexibility index (Phi) is 7.42. The van der Waals surface area contributed by atoms with Gasteiger partial charge in [0, 0.05) is 5.56 Å². The highest BCUT2D eigenvalue weighted by Crippen LogP contribution is 2.26. The van der Waals surface area contributed by atoms with Crippen LogP contribution >= 0.6 is 11.6 Å². The molecule has 1 heterocycles. The van der Waals surface area contributed by atoms with Crippen LogP contribution in [0.15, 0.2) is 66.7 Å². The molecule has 4 rings (SSSR count). The minimum atomic E-state index is -0.201. The molecule has 1 amide bonds. The molecule has 1 aromatic heterocycles. The summed E-state index contributed by atoms with van der Waals surface area (Å²) in [4.78, 5) is 13.1. The third-order valence-electron chi connectivity index (χ3n) is 5.76. The molecule has 0 saturated carbocycles. The molecule has 0 atom stereocenters. The molecule has 3 aromatic carbocycles. The van der Waals surface area contributed by atoms with Crippen LogP contribution in [0.2, 0.25) is 5.02 Å². The molecule has 4 aromatic rings. The van der Waals surface area contributed by atoms with Crippen LogP contribution in [0.1, 0.15) is 38.4 Å². The van der Waals surface area contributed by atoms with Crippen molar-refractivity contribution in [3.8, 4) is 11.5 Å². The molecule has 0 unspecified atom stereocenters. The van der Waals surface area contributed by atoms with Crippen LogP contribution in [0.3, 0.4) is 0 Å². The number of hydrogen-bond acceptors (Lipinski definition) is 4. The van der Waals surface area contributed by atoms with Crippen molar-refractivity contribution in [1.82, 2.24) is 9.78 Å². The van der Waals surface area contributed by atoms with Crippen molar-refractivity contribution < 1.29 is 14.3 Å². The Morgan fingerprint density at radius 3 is 2.57 bits per heavy atom. The van der Waals surface area contributed by atoms with Gasteiger partial charge in [0.25, 0.3) is 5.91 Å².